The molecule has 0 bridgehead atoms. The Labute approximate surface area is 194 Å². The van der Waals surface area contributed by atoms with Crippen LogP contribution in [0.4, 0.5) is 5.82 Å². The van der Waals surface area contributed by atoms with E-state index in [1.54, 1.807) is 17.8 Å². The molecule has 0 radical (unpaired) electrons. The van der Waals surface area contributed by atoms with Crippen LogP contribution in [0.25, 0.3) is 10.1 Å². The predicted octanol–water partition coefficient (Wildman–Crippen LogP) is 5.41. The van der Waals surface area contributed by atoms with Crippen molar-refractivity contribution < 1.29 is 9.21 Å². The summed E-state index contributed by atoms with van der Waals surface area (Å²) in [4.78, 5) is 17.4. The molecule has 1 aliphatic heterocycles. The molecule has 1 saturated heterocycles. The molecule has 5 nitrogen and oxygen atoms in total. The standard InChI is InChI=1S/C26H33N3O2S/c30-22(19-23-4-3-17-31-23)18-21-9-7-20(8-10-21)11-12-28-13-15-29(16-14-28)26-24-5-1-2-6-25(24)32-27-26/h1-6,17,20-21H,7-16,18-19H2. The van der Waals surface area contributed by atoms with Gasteiger partial charge < -0.3 is 9.32 Å². The maximum absolute atomic E-state index is 12.3. The lowest BCUT2D eigenvalue weighted by Crippen LogP contribution is -2.47. The second kappa shape index (κ2) is 10.2. The van der Waals surface area contributed by atoms with E-state index in [-0.39, 0.29) is 0 Å². The summed E-state index contributed by atoms with van der Waals surface area (Å²) in [5.74, 6) is 3.70. The van der Waals surface area contributed by atoms with Crippen LogP contribution in [0.15, 0.2) is 47.1 Å². The summed E-state index contributed by atoms with van der Waals surface area (Å²) in [7, 11) is 0. The average molecular weight is 452 g/mol. The van der Waals surface area contributed by atoms with Gasteiger partial charge in [0.25, 0.3) is 0 Å². The zero-order chi connectivity index (χ0) is 21.8. The van der Waals surface area contributed by atoms with Gasteiger partial charge in [-0.1, -0.05) is 25.0 Å². The molecule has 1 saturated carbocycles. The predicted molar refractivity (Wildman–Crippen MR) is 130 cm³/mol. The highest BCUT2D eigenvalue weighted by Crippen LogP contribution is 2.34. The van der Waals surface area contributed by atoms with Gasteiger partial charge in [0, 0.05) is 38.0 Å². The molecule has 0 N–H and O–H groups in total. The number of anilines is 1. The number of ketones is 1. The summed E-state index contributed by atoms with van der Waals surface area (Å²) in [6.45, 7) is 5.60. The van der Waals surface area contributed by atoms with Gasteiger partial charge in [0.1, 0.15) is 17.4 Å². The van der Waals surface area contributed by atoms with E-state index in [4.69, 9.17) is 8.79 Å². The number of rotatable bonds is 8. The number of carbonyl (C=O) groups excluding carboxylic acids is 1. The lowest BCUT2D eigenvalue weighted by molar-refractivity contribution is -0.119. The molecule has 0 amide bonds. The van der Waals surface area contributed by atoms with Gasteiger partial charge in [0.05, 0.1) is 17.4 Å². The minimum absolute atomic E-state index is 0.328. The largest absolute Gasteiger partial charge is 0.469 e. The van der Waals surface area contributed by atoms with E-state index in [9.17, 15) is 4.79 Å². The lowest BCUT2D eigenvalue weighted by Gasteiger charge is -2.36. The normalized spacial score (nSPS) is 22.4. The Morgan fingerprint density at radius 1 is 1.00 bits per heavy atom. The second-order valence-electron chi connectivity index (χ2n) is 9.51. The Kier molecular flexibility index (Phi) is 6.89. The van der Waals surface area contributed by atoms with Gasteiger partial charge in [-0.25, -0.2) is 0 Å². The third-order valence-electron chi connectivity index (χ3n) is 7.32. The third kappa shape index (κ3) is 5.24. The number of aromatic nitrogens is 1. The molecule has 3 heterocycles. The summed E-state index contributed by atoms with van der Waals surface area (Å²) in [5.41, 5.74) is 0. The topological polar surface area (TPSA) is 49.6 Å². The molecule has 1 aromatic carbocycles. The van der Waals surface area contributed by atoms with E-state index in [1.165, 1.54) is 54.6 Å². The minimum Gasteiger partial charge on any atom is -0.469 e. The van der Waals surface area contributed by atoms with Crippen LogP contribution in [0.2, 0.25) is 0 Å². The van der Waals surface area contributed by atoms with Crippen LogP contribution in [-0.2, 0) is 11.2 Å². The minimum atomic E-state index is 0.328. The van der Waals surface area contributed by atoms with Crippen LogP contribution in [0, 0.1) is 11.8 Å². The maximum Gasteiger partial charge on any atom is 0.150 e. The first-order valence-electron chi connectivity index (χ1n) is 12.1. The van der Waals surface area contributed by atoms with Crippen molar-refractivity contribution in [1.82, 2.24) is 9.27 Å². The van der Waals surface area contributed by atoms with Crippen molar-refractivity contribution in [2.24, 2.45) is 11.8 Å². The van der Waals surface area contributed by atoms with Gasteiger partial charge in [-0.3, -0.25) is 9.69 Å². The fourth-order valence-corrected chi connectivity index (χ4v) is 6.17. The molecule has 0 unspecified atom stereocenters. The molecule has 2 aromatic heterocycles. The first kappa shape index (κ1) is 21.7. The van der Waals surface area contributed by atoms with Crippen LogP contribution in [-0.4, -0.2) is 47.8 Å². The summed E-state index contributed by atoms with van der Waals surface area (Å²) < 4.78 is 11.3. The monoisotopic (exact) mass is 451 g/mol. The molecule has 170 valence electrons. The van der Waals surface area contributed by atoms with Gasteiger partial charge in [-0.2, -0.15) is 4.37 Å². The number of piperazine rings is 1. The first-order chi connectivity index (χ1) is 15.7. The van der Waals surface area contributed by atoms with E-state index in [2.05, 4.69) is 34.1 Å². The van der Waals surface area contributed by atoms with Crippen LogP contribution < -0.4 is 4.90 Å². The van der Waals surface area contributed by atoms with Crippen molar-refractivity contribution in [3.63, 3.8) is 0 Å². The molecule has 2 fully saturated rings. The van der Waals surface area contributed by atoms with E-state index < -0.39 is 0 Å². The SMILES string of the molecule is O=C(Cc1ccco1)CC1CCC(CCN2CCN(c3nsc4ccccc34)CC2)CC1. The fraction of sp³-hybridized carbons (Fsp3) is 0.538. The van der Waals surface area contributed by atoms with E-state index in [0.29, 0.717) is 18.1 Å². The number of hydrogen-bond donors (Lipinski definition) is 0. The van der Waals surface area contributed by atoms with Crippen molar-refractivity contribution in [3.05, 3.63) is 48.4 Å². The van der Waals surface area contributed by atoms with Crippen molar-refractivity contribution in [2.75, 3.05) is 37.6 Å². The smallest absolute Gasteiger partial charge is 0.150 e. The zero-order valence-electron chi connectivity index (χ0n) is 18.7. The molecule has 3 aromatic rings. The summed E-state index contributed by atoms with van der Waals surface area (Å²) in [6.07, 6.45) is 9.10. The Bertz CT molecular complexity index is 999. The highest BCUT2D eigenvalue weighted by Gasteiger charge is 2.25. The zero-order valence-corrected chi connectivity index (χ0v) is 19.6. The summed E-state index contributed by atoms with van der Waals surface area (Å²) in [5, 5.41) is 1.30. The highest BCUT2D eigenvalue weighted by atomic mass is 32.1. The van der Waals surface area contributed by atoms with Gasteiger partial charge in [0.15, 0.2) is 0 Å². The van der Waals surface area contributed by atoms with E-state index in [1.807, 2.05) is 12.1 Å². The summed E-state index contributed by atoms with van der Waals surface area (Å²) in [6, 6.07) is 12.3. The van der Waals surface area contributed by atoms with Crippen molar-refractivity contribution in [3.8, 4) is 0 Å². The molecular formula is C26H33N3O2S. The Morgan fingerprint density at radius 2 is 1.78 bits per heavy atom. The summed E-state index contributed by atoms with van der Waals surface area (Å²) >= 11 is 1.61. The van der Waals surface area contributed by atoms with Crippen molar-refractivity contribution in [1.29, 1.82) is 0 Å². The number of carbonyl (C=O) groups is 1. The van der Waals surface area contributed by atoms with Gasteiger partial charge in [-0.15, -0.1) is 0 Å². The Balaban J connectivity index is 1.01. The molecule has 2 aliphatic rings. The Hall–Kier alpha value is -2.18. The van der Waals surface area contributed by atoms with E-state index in [0.717, 1.165) is 44.3 Å². The third-order valence-corrected chi connectivity index (χ3v) is 8.13. The first-order valence-corrected chi connectivity index (χ1v) is 12.9. The number of fused-ring (bicyclic) bond motifs is 1. The molecule has 1 aliphatic carbocycles. The molecule has 5 rings (SSSR count). The Morgan fingerprint density at radius 3 is 2.56 bits per heavy atom. The van der Waals surface area contributed by atoms with Gasteiger partial charge in [-0.05, 0) is 73.4 Å². The van der Waals surface area contributed by atoms with Crippen LogP contribution >= 0.6 is 11.5 Å². The molecular weight excluding hydrogens is 418 g/mol. The quantitative estimate of drug-likeness (QED) is 0.458. The van der Waals surface area contributed by atoms with Crippen LogP contribution in [0.3, 0.4) is 0 Å². The molecule has 32 heavy (non-hydrogen) atoms. The number of benzene rings is 1. The van der Waals surface area contributed by atoms with Gasteiger partial charge in [0.2, 0.25) is 0 Å². The van der Waals surface area contributed by atoms with Crippen LogP contribution in [0.5, 0.6) is 0 Å². The van der Waals surface area contributed by atoms with Crippen molar-refractivity contribution in [2.45, 2.75) is 44.9 Å². The average Bonchev–Trinajstić information content (AvgIpc) is 3.49. The maximum atomic E-state index is 12.3. The molecule has 0 spiro atoms. The van der Waals surface area contributed by atoms with Crippen LogP contribution in [0.1, 0.15) is 44.3 Å². The molecule has 6 heteroatoms. The fourth-order valence-electron chi connectivity index (χ4n) is 5.37. The number of Topliss-reactive ketones (excluding diaryl/α,β-unsaturated/α-hetero) is 1. The number of hydrogen-bond acceptors (Lipinski definition) is 6. The van der Waals surface area contributed by atoms with E-state index >= 15 is 0 Å². The lowest BCUT2D eigenvalue weighted by atomic mass is 9.78. The number of nitrogens with zero attached hydrogens (tertiary/aromatic N) is 3. The number of furan rings is 1. The highest BCUT2D eigenvalue weighted by molar-refractivity contribution is 7.13. The second-order valence-corrected chi connectivity index (χ2v) is 10.3. The van der Waals surface area contributed by atoms with Gasteiger partial charge >= 0.3 is 0 Å². The van der Waals surface area contributed by atoms with Crippen molar-refractivity contribution >= 4 is 33.2 Å². The molecule has 0 atom stereocenters.